The fraction of sp³-hybridized carbons (Fsp3) is 0.263. The number of nitro groups is 1. The minimum atomic E-state index is -0.906. The van der Waals surface area contributed by atoms with E-state index in [9.17, 15) is 19.7 Å². The van der Waals surface area contributed by atoms with Crippen LogP contribution in [0.4, 0.5) is 5.69 Å². The Bertz CT molecular complexity index is 869. The molecule has 8 nitrogen and oxygen atoms in total. The van der Waals surface area contributed by atoms with Crippen molar-refractivity contribution in [2.75, 3.05) is 20.3 Å². The molecule has 0 aliphatic heterocycles. The number of hydrogen-bond donors (Lipinski definition) is 0. The lowest BCUT2D eigenvalue weighted by molar-refractivity contribution is -0.384. The van der Waals surface area contributed by atoms with Crippen molar-refractivity contribution in [3.05, 3.63) is 68.7 Å². The third-order valence-electron chi connectivity index (χ3n) is 3.79. The van der Waals surface area contributed by atoms with Crippen LogP contribution in [-0.2, 0) is 16.1 Å². The molecule has 0 aliphatic carbocycles. The Morgan fingerprint density at radius 2 is 1.86 bits per heavy atom. The van der Waals surface area contributed by atoms with Gasteiger partial charge in [-0.3, -0.25) is 14.9 Å². The van der Waals surface area contributed by atoms with E-state index in [2.05, 4.69) is 0 Å². The summed E-state index contributed by atoms with van der Waals surface area (Å²) in [6.07, 6.45) is 0. The maximum absolute atomic E-state index is 12.2. The molecule has 28 heavy (non-hydrogen) atoms. The quantitative estimate of drug-likeness (QED) is 0.378. The Kier molecular flexibility index (Phi) is 7.34. The van der Waals surface area contributed by atoms with E-state index in [1.165, 1.54) is 17.0 Å². The van der Waals surface area contributed by atoms with Gasteiger partial charge in [0.05, 0.1) is 22.1 Å². The van der Waals surface area contributed by atoms with E-state index in [1.54, 1.807) is 7.05 Å². The third-order valence-corrected chi connectivity index (χ3v) is 4.12. The lowest BCUT2D eigenvalue weighted by Crippen LogP contribution is -2.30. The maximum atomic E-state index is 12.2. The van der Waals surface area contributed by atoms with Crippen molar-refractivity contribution >= 4 is 29.2 Å². The Labute approximate surface area is 166 Å². The predicted octanol–water partition coefficient (Wildman–Crippen LogP) is 3.46. The van der Waals surface area contributed by atoms with Gasteiger partial charge in [0, 0.05) is 25.7 Å². The molecule has 148 valence electrons. The highest BCUT2D eigenvalue weighted by molar-refractivity contribution is 6.33. The van der Waals surface area contributed by atoms with Crippen molar-refractivity contribution in [2.24, 2.45) is 0 Å². The largest absolute Gasteiger partial charge is 0.494 e. The molecule has 0 bridgehead atoms. The van der Waals surface area contributed by atoms with Crippen LogP contribution in [0.5, 0.6) is 5.75 Å². The first-order valence-electron chi connectivity index (χ1n) is 8.38. The van der Waals surface area contributed by atoms with Crippen LogP contribution >= 0.6 is 11.6 Å². The summed E-state index contributed by atoms with van der Waals surface area (Å²) in [6, 6.07) is 10.7. The monoisotopic (exact) mass is 406 g/mol. The summed E-state index contributed by atoms with van der Waals surface area (Å²) in [5, 5.41) is 10.8. The van der Waals surface area contributed by atoms with Crippen LogP contribution in [-0.4, -0.2) is 42.0 Å². The first-order valence-corrected chi connectivity index (χ1v) is 8.76. The van der Waals surface area contributed by atoms with Crippen LogP contribution in [0.2, 0.25) is 5.02 Å². The van der Waals surface area contributed by atoms with Gasteiger partial charge in [-0.15, -0.1) is 0 Å². The van der Waals surface area contributed by atoms with Crippen LogP contribution < -0.4 is 4.74 Å². The van der Waals surface area contributed by atoms with Crippen molar-refractivity contribution < 1.29 is 24.0 Å². The third kappa shape index (κ3) is 5.68. The maximum Gasteiger partial charge on any atom is 0.340 e. The molecule has 2 aromatic carbocycles. The first kappa shape index (κ1) is 21.2. The molecule has 0 atom stereocenters. The number of esters is 1. The van der Waals surface area contributed by atoms with E-state index in [0.717, 1.165) is 17.4 Å². The molecule has 0 heterocycles. The van der Waals surface area contributed by atoms with E-state index in [0.29, 0.717) is 13.2 Å². The number of ether oxygens (including phenoxy) is 2. The zero-order valence-corrected chi connectivity index (χ0v) is 16.1. The Morgan fingerprint density at radius 3 is 2.46 bits per heavy atom. The van der Waals surface area contributed by atoms with Crippen molar-refractivity contribution in [2.45, 2.75) is 13.5 Å². The van der Waals surface area contributed by atoms with Crippen molar-refractivity contribution in [1.82, 2.24) is 4.90 Å². The number of likely N-dealkylation sites (N-methyl/N-ethyl adjacent to an activating group) is 1. The number of hydrogen-bond acceptors (Lipinski definition) is 6. The van der Waals surface area contributed by atoms with Gasteiger partial charge in [-0.25, -0.2) is 4.79 Å². The minimum Gasteiger partial charge on any atom is -0.494 e. The summed E-state index contributed by atoms with van der Waals surface area (Å²) in [4.78, 5) is 35.9. The van der Waals surface area contributed by atoms with E-state index in [-0.39, 0.29) is 16.3 Å². The lowest BCUT2D eigenvalue weighted by Gasteiger charge is -2.17. The molecule has 1 amide bonds. The summed E-state index contributed by atoms with van der Waals surface area (Å²) in [7, 11) is 1.58. The number of carbonyl (C=O) groups excluding carboxylic acids is 2. The molecule has 0 spiro atoms. The first-order chi connectivity index (χ1) is 13.3. The molecule has 2 rings (SSSR count). The van der Waals surface area contributed by atoms with Crippen LogP contribution in [0.25, 0.3) is 0 Å². The van der Waals surface area contributed by atoms with E-state index < -0.39 is 23.4 Å². The standard InChI is InChI=1S/C19H19ClN2O6/c1-3-27-15-7-4-13(5-8-15)11-21(2)18(23)12-28-19(24)16-10-14(22(25)26)6-9-17(16)20/h4-10H,3,11-12H2,1-2H3. The average molecular weight is 407 g/mol. The molecule has 0 fully saturated rings. The molecule has 0 saturated heterocycles. The highest BCUT2D eigenvalue weighted by Gasteiger charge is 2.19. The molecule has 0 saturated carbocycles. The van der Waals surface area contributed by atoms with Crippen molar-refractivity contribution in [3.8, 4) is 5.75 Å². The molecular weight excluding hydrogens is 388 g/mol. The number of benzene rings is 2. The smallest absolute Gasteiger partial charge is 0.340 e. The van der Waals surface area contributed by atoms with Crippen LogP contribution in [0.1, 0.15) is 22.8 Å². The predicted molar refractivity (Wildman–Crippen MR) is 102 cm³/mol. The van der Waals surface area contributed by atoms with E-state index in [4.69, 9.17) is 21.1 Å². The van der Waals surface area contributed by atoms with E-state index >= 15 is 0 Å². The van der Waals surface area contributed by atoms with Gasteiger partial charge < -0.3 is 14.4 Å². The van der Waals surface area contributed by atoms with Gasteiger partial charge >= 0.3 is 5.97 Å². The molecule has 0 aliphatic rings. The van der Waals surface area contributed by atoms with Gasteiger partial charge in [0.2, 0.25) is 0 Å². The topological polar surface area (TPSA) is 99.0 Å². The summed E-state index contributed by atoms with van der Waals surface area (Å²) in [6.45, 7) is 2.27. The second kappa shape index (κ2) is 9.70. The normalized spacial score (nSPS) is 10.2. The SMILES string of the molecule is CCOc1ccc(CN(C)C(=O)COC(=O)c2cc([N+](=O)[O-])ccc2Cl)cc1. The number of non-ortho nitro benzene ring substituents is 1. The molecule has 0 radical (unpaired) electrons. The van der Waals surface area contributed by atoms with Gasteiger partial charge in [-0.2, -0.15) is 0 Å². The van der Waals surface area contributed by atoms with Gasteiger partial charge in [0.25, 0.3) is 11.6 Å². The lowest BCUT2D eigenvalue weighted by atomic mass is 10.2. The zero-order chi connectivity index (χ0) is 20.7. The fourth-order valence-corrected chi connectivity index (χ4v) is 2.51. The van der Waals surface area contributed by atoms with Crippen molar-refractivity contribution in [3.63, 3.8) is 0 Å². The number of halogens is 1. The summed E-state index contributed by atoms with van der Waals surface area (Å²) in [5.74, 6) is -0.594. The summed E-state index contributed by atoms with van der Waals surface area (Å²) in [5.41, 5.74) is 0.417. The molecule has 0 aromatic heterocycles. The summed E-state index contributed by atoms with van der Waals surface area (Å²) < 4.78 is 10.3. The fourth-order valence-electron chi connectivity index (χ4n) is 2.32. The Hall–Kier alpha value is -3.13. The minimum absolute atomic E-state index is 0.00536. The van der Waals surface area contributed by atoms with Gasteiger partial charge in [0.1, 0.15) is 5.75 Å². The average Bonchev–Trinajstić information content (AvgIpc) is 2.67. The Balaban J connectivity index is 1.93. The zero-order valence-electron chi connectivity index (χ0n) is 15.4. The molecule has 9 heteroatoms. The molecule has 0 N–H and O–H groups in total. The molecule has 2 aromatic rings. The number of nitrogens with zero attached hydrogens (tertiary/aromatic N) is 2. The van der Waals surface area contributed by atoms with Crippen LogP contribution in [0.3, 0.4) is 0 Å². The van der Waals surface area contributed by atoms with Crippen LogP contribution in [0.15, 0.2) is 42.5 Å². The van der Waals surface area contributed by atoms with Gasteiger partial charge in [-0.1, -0.05) is 23.7 Å². The molecular formula is C19H19ClN2O6. The van der Waals surface area contributed by atoms with Gasteiger partial charge in [-0.05, 0) is 30.7 Å². The summed E-state index contributed by atoms with van der Waals surface area (Å²) >= 11 is 5.89. The Morgan fingerprint density at radius 1 is 1.18 bits per heavy atom. The highest BCUT2D eigenvalue weighted by atomic mass is 35.5. The van der Waals surface area contributed by atoms with Crippen molar-refractivity contribution in [1.29, 1.82) is 0 Å². The van der Waals surface area contributed by atoms with Crippen LogP contribution in [0, 0.1) is 10.1 Å². The van der Waals surface area contributed by atoms with Gasteiger partial charge in [0.15, 0.2) is 6.61 Å². The second-order valence-corrected chi connectivity index (χ2v) is 6.23. The number of amides is 1. The number of nitro benzene ring substituents is 1. The molecule has 0 unspecified atom stereocenters. The number of rotatable bonds is 8. The second-order valence-electron chi connectivity index (χ2n) is 5.82. The highest BCUT2D eigenvalue weighted by Crippen LogP contribution is 2.22. The van der Waals surface area contributed by atoms with E-state index in [1.807, 2.05) is 31.2 Å². The number of carbonyl (C=O) groups is 2.